The van der Waals surface area contributed by atoms with Gasteiger partial charge in [0.1, 0.15) is 21.8 Å². The lowest BCUT2D eigenvalue weighted by Gasteiger charge is -2.12. The van der Waals surface area contributed by atoms with Gasteiger partial charge < -0.3 is 9.47 Å². The van der Waals surface area contributed by atoms with Crippen LogP contribution in [0, 0.1) is 18.6 Å². The van der Waals surface area contributed by atoms with Gasteiger partial charge in [-0.15, -0.1) is 0 Å². The first-order valence-corrected chi connectivity index (χ1v) is 7.64. The molecule has 0 spiro atoms. The summed E-state index contributed by atoms with van der Waals surface area (Å²) in [6.45, 7) is 1.24. The third-order valence-corrected chi connectivity index (χ3v) is 3.48. The molecule has 0 radical (unpaired) electrons. The molecule has 9 heteroatoms. The van der Waals surface area contributed by atoms with Crippen LogP contribution in [0.2, 0.25) is 10.3 Å². The Morgan fingerprint density at radius 3 is 1.68 bits per heavy atom. The zero-order chi connectivity index (χ0) is 18.0. The van der Waals surface area contributed by atoms with Crippen molar-refractivity contribution in [3.63, 3.8) is 0 Å². The molecule has 0 saturated carbocycles. The molecule has 0 fully saturated rings. The van der Waals surface area contributed by atoms with Gasteiger partial charge in [-0.05, 0) is 19.1 Å². The predicted octanol–water partition coefficient (Wildman–Crippen LogP) is 5.35. The van der Waals surface area contributed by atoms with Crippen LogP contribution < -0.4 is 9.47 Å². The molecule has 5 nitrogen and oxygen atoms in total. The molecule has 128 valence electrons. The molecule has 3 rings (SSSR count). The van der Waals surface area contributed by atoms with Crippen molar-refractivity contribution in [2.24, 2.45) is 0 Å². The molecule has 3 heterocycles. The number of ether oxygens (including phenoxy) is 2. The van der Waals surface area contributed by atoms with Crippen molar-refractivity contribution in [2.45, 2.75) is 6.92 Å². The Morgan fingerprint density at radius 1 is 0.840 bits per heavy atom. The van der Waals surface area contributed by atoms with Gasteiger partial charge >= 0.3 is 0 Å². The largest absolute Gasteiger partial charge is 0.436 e. The van der Waals surface area contributed by atoms with Crippen LogP contribution in [-0.2, 0) is 0 Å². The molecule has 0 unspecified atom stereocenters. The van der Waals surface area contributed by atoms with Gasteiger partial charge in [0.2, 0.25) is 0 Å². The molecule has 0 aliphatic carbocycles. The Morgan fingerprint density at radius 2 is 1.28 bits per heavy atom. The number of hydrogen-bond acceptors (Lipinski definition) is 5. The molecule has 0 atom stereocenters. The van der Waals surface area contributed by atoms with E-state index in [9.17, 15) is 8.78 Å². The minimum atomic E-state index is -0.953. The molecule has 3 aromatic rings. The standard InChI is InChI=1S/C16H9Cl2F2N3O2/c1-8-13(19)15(24-9-2-4-21-11(17)6-9)23-16(14(8)20)25-10-3-5-22-12(18)7-10/h2-7H,1H3. The highest BCUT2D eigenvalue weighted by molar-refractivity contribution is 6.29. The van der Waals surface area contributed by atoms with Crippen molar-refractivity contribution in [3.8, 4) is 23.3 Å². The van der Waals surface area contributed by atoms with Gasteiger partial charge in [-0.3, -0.25) is 0 Å². The van der Waals surface area contributed by atoms with E-state index in [0.717, 1.165) is 0 Å². The second kappa shape index (κ2) is 7.16. The predicted molar refractivity (Wildman–Crippen MR) is 87.5 cm³/mol. The van der Waals surface area contributed by atoms with E-state index in [2.05, 4.69) is 15.0 Å². The van der Waals surface area contributed by atoms with Crippen LogP contribution in [-0.4, -0.2) is 15.0 Å². The van der Waals surface area contributed by atoms with Crippen LogP contribution in [0.3, 0.4) is 0 Å². The number of rotatable bonds is 4. The smallest absolute Gasteiger partial charge is 0.259 e. The van der Waals surface area contributed by atoms with Crippen LogP contribution >= 0.6 is 23.2 Å². The van der Waals surface area contributed by atoms with Crippen molar-refractivity contribution >= 4 is 23.2 Å². The quantitative estimate of drug-likeness (QED) is 0.568. The zero-order valence-corrected chi connectivity index (χ0v) is 14.1. The van der Waals surface area contributed by atoms with Gasteiger partial charge in [-0.25, -0.2) is 18.7 Å². The fraction of sp³-hybridized carbons (Fsp3) is 0.0625. The number of hydrogen-bond donors (Lipinski definition) is 0. The molecular formula is C16H9Cl2F2N3O2. The summed E-state index contributed by atoms with van der Waals surface area (Å²) in [6.07, 6.45) is 2.75. The second-order valence-corrected chi connectivity index (χ2v) is 5.58. The lowest BCUT2D eigenvalue weighted by Crippen LogP contribution is -2.02. The number of nitrogens with zero attached hydrogens (tertiary/aromatic N) is 3. The topological polar surface area (TPSA) is 57.1 Å². The normalized spacial score (nSPS) is 10.6. The molecular weight excluding hydrogens is 375 g/mol. The Hall–Kier alpha value is -2.51. The summed E-state index contributed by atoms with van der Waals surface area (Å²) in [5.41, 5.74) is -0.305. The highest BCUT2D eigenvalue weighted by Gasteiger charge is 2.21. The van der Waals surface area contributed by atoms with Gasteiger partial charge in [0.05, 0.1) is 0 Å². The van der Waals surface area contributed by atoms with Gasteiger partial charge in [-0.2, -0.15) is 4.98 Å². The lowest BCUT2D eigenvalue weighted by molar-refractivity contribution is 0.372. The molecule has 0 saturated heterocycles. The number of aromatic nitrogens is 3. The van der Waals surface area contributed by atoms with Gasteiger partial charge in [0, 0.05) is 30.1 Å². The molecule has 0 aliphatic rings. The maximum atomic E-state index is 14.3. The molecule has 25 heavy (non-hydrogen) atoms. The summed E-state index contributed by atoms with van der Waals surface area (Å²) in [5.74, 6) is -2.45. The van der Waals surface area contributed by atoms with E-state index in [4.69, 9.17) is 32.7 Å². The summed E-state index contributed by atoms with van der Waals surface area (Å²) in [7, 11) is 0. The van der Waals surface area contributed by atoms with Crippen LogP contribution in [0.5, 0.6) is 23.3 Å². The van der Waals surface area contributed by atoms with E-state index in [1.54, 1.807) is 0 Å². The van der Waals surface area contributed by atoms with E-state index in [1.807, 2.05) is 0 Å². The minimum Gasteiger partial charge on any atom is -0.436 e. The Labute approximate surface area is 151 Å². The lowest BCUT2D eigenvalue weighted by atomic mass is 10.2. The first kappa shape index (κ1) is 17.3. The first-order valence-electron chi connectivity index (χ1n) is 6.88. The van der Waals surface area contributed by atoms with E-state index in [1.165, 1.54) is 43.6 Å². The van der Waals surface area contributed by atoms with E-state index in [-0.39, 0.29) is 27.4 Å². The number of halogens is 4. The summed E-state index contributed by atoms with van der Waals surface area (Å²) in [6, 6.07) is 5.64. The average Bonchev–Trinajstić information content (AvgIpc) is 2.57. The maximum absolute atomic E-state index is 14.3. The Balaban J connectivity index is 1.98. The van der Waals surface area contributed by atoms with Crippen LogP contribution in [0.25, 0.3) is 0 Å². The fourth-order valence-electron chi connectivity index (χ4n) is 1.86. The average molecular weight is 384 g/mol. The van der Waals surface area contributed by atoms with Crippen molar-refractivity contribution in [1.29, 1.82) is 0 Å². The third-order valence-electron chi connectivity index (χ3n) is 3.06. The van der Waals surface area contributed by atoms with Gasteiger partial charge in [0.15, 0.2) is 11.6 Å². The third kappa shape index (κ3) is 3.94. The highest BCUT2D eigenvalue weighted by atomic mass is 35.5. The van der Waals surface area contributed by atoms with Crippen LogP contribution in [0.1, 0.15) is 5.56 Å². The molecule has 0 bridgehead atoms. The molecule has 0 amide bonds. The molecule has 3 aromatic heterocycles. The summed E-state index contributed by atoms with van der Waals surface area (Å²) >= 11 is 11.5. The van der Waals surface area contributed by atoms with Crippen LogP contribution in [0.15, 0.2) is 36.7 Å². The van der Waals surface area contributed by atoms with Crippen molar-refractivity contribution in [1.82, 2.24) is 15.0 Å². The van der Waals surface area contributed by atoms with Crippen molar-refractivity contribution < 1.29 is 18.3 Å². The maximum Gasteiger partial charge on any atom is 0.259 e. The summed E-state index contributed by atoms with van der Waals surface area (Å²) in [4.78, 5) is 11.3. The van der Waals surface area contributed by atoms with E-state index in [0.29, 0.717) is 0 Å². The zero-order valence-electron chi connectivity index (χ0n) is 12.6. The summed E-state index contributed by atoms with van der Waals surface area (Å²) < 4.78 is 39.2. The van der Waals surface area contributed by atoms with Gasteiger partial charge in [0.25, 0.3) is 11.8 Å². The van der Waals surface area contributed by atoms with Crippen LogP contribution in [0.4, 0.5) is 8.78 Å². The van der Waals surface area contributed by atoms with E-state index < -0.39 is 23.4 Å². The van der Waals surface area contributed by atoms with Crippen molar-refractivity contribution in [3.05, 3.63) is 64.2 Å². The molecule has 0 aromatic carbocycles. The molecule has 0 aliphatic heterocycles. The molecule has 0 N–H and O–H groups in total. The second-order valence-electron chi connectivity index (χ2n) is 4.81. The van der Waals surface area contributed by atoms with Gasteiger partial charge in [-0.1, -0.05) is 23.2 Å². The first-order chi connectivity index (χ1) is 11.9. The SMILES string of the molecule is Cc1c(F)c(Oc2ccnc(Cl)c2)nc(Oc2ccnc(Cl)c2)c1F. The minimum absolute atomic E-state index is 0.152. The fourth-order valence-corrected chi connectivity index (χ4v) is 2.19. The highest BCUT2D eigenvalue weighted by Crippen LogP contribution is 2.33. The van der Waals surface area contributed by atoms with E-state index >= 15 is 0 Å². The Kier molecular flexibility index (Phi) is 4.96. The summed E-state index contributed by atoms with van der Waals surface area (Å²) in [5, 5.41) is 0.305. The Bertz CT molecular complexity index is 869. The van der Waals surface area contributed by atoms with Crippen molar-refractivity contribution in [2.75, 3.05) is 0 Å². The number of pyridine rings is 3. The monoisotopic (exact) mass is 383 g/mol.